The van der Waals surface area contributed by atoms with Gasteiger partial charge in [-0.25, -0.2) is 4.79 Å². The summed E-state index contributed by atoms with van der Waals surface area (Å²) in [4.78, 5) is 12.6. The quantitative estimate of drug-likeness (QED) is 0.383. The minimum atomic E-state index is -0.905. The summed E-state index contributed by atoms with van der Waals surface area (Å²) >= 11 is 1.67. The minimum absolute atomic E-state index is 0.159. The van der Waals surface area contributed by atoms with Gasteiger partial charge in [0.15, 0.2) is 0 Å². The van der Waals surface area contributed by atoms with Crippen LogP contribution in [0.25, 0.3) is 10.1 Å². The predicted molar refractivity (Wildman–Crippen MR) is 128 cm³/mol. The van der Waals surface area contributed by atoms with Crippen LogP contribution in [0.5, 0.6) is 5.75 Å². The van der Waals surface area contributed by atoms with E-state index in [1.807, 2.05) is 19.1 Å². The number of aromatic carboxylic acids is 1. The first-order chi connectivity index (χ1) is 14.7. The summed E-state index contributed by atoms with van der Waals surface area (Å²) in [5.41, 5.74) is 3.07. The summed E-state index contributed by atoms with van der Waals surface area (Å²) in [6.45, 7) is 12.1. The van der Waals surface area contributed by atoms with Gasteiger partial charge in [-0.2, -0.15) is 0 Å². The van der Waals surface area contributed by atoms with Crippen molar-refractivity contribution in [3.05, 3.63) is 76.2 Å². The van der Waals surface area contributed by atoms with Gasteiger partial charge in [-0.1, -0.05) is 38.6 Å². The van der Waals surface area contributed by atoms with E-state index in [1.165, 1.54) is 10.4 Å². The first-order valence-corrected chi connectivity index (χ1v) is 11.4. The highest BCUT2D eigenvalue weighted by Gasteiger charge is 2.33. The minimum Gasteiger partial charge on any atom is -0.490 e. The molecule has 5 heteroatoms. The number of ether oxygens (including phenoxy) is 1. The molecule has 0 aliphatic carbocycles. The maximum atomic E-state index is 11.4. The van der Waals surface area contributed by atoms with Crippen LogP contribution in [0.15, 0.2) is 54.6 Å². The normalized spacial score (nSPS) is 12.7. The van der Waals surface area contributed by atoms with Crippen LogP contribution in [-0.2, 0) is 5.41 Å². The van der Waals surface area contributed by atoms with Gasteiger partial charge >= 0.3 is 5.97 Å². The first-order valence-electron chi connectivity index (χ1n) is 10.6. The largest absolute Gasteiger partial charge is 0.490 e. The number of aliphatic hydroxyl groups is 1. The number of hydrogen-bond donors (Lipinski definition) is 2. The van der Waals surface area contributed by atoms with Crippen LogP contribution in [0.1, 0.15) is 60.0 Å². The number of aryl methyl sites for hydroxylation is 1. The maximum absolute atomic E-state index is 11.4. The second-order valence-corrected chi connectivity index (χ2v) is 9.19. The van der Waals surface area contributed by atoms with E-state index in [0.29, 0.717) is 11.1 Å². The Bertz CT molecular complexity index is 1110. The number of rotatable bonds is 9. The van der Waals surface area contributed by atoms with Gasteiger partial charge in [0.2, 0.25) is 0 Å². The molecule has 3 aromatic rings. The van der Waals surface area contributed by atoms with Gasteiger partial charge < -0.3 is 14.9 Å². The lowest BCUT2D eigenvalue weighted by atomic mass is 9.74. The zero-order valence-electron chi connectivity index (χ0n) is 18.6. The van der Waals surface area contributed by atoms with E-state index in [1.54, 1.807) is 30.4 Å². The number of carboxylic acids is 1. The molecular formula is C26H30O4S. The zero-order chi connectivity index (χ0) is 22.8. The smallest absolute Gasteiger partial charge is 0.335 e. The van der Waals surface area contributed by atoms with Crippen molar-refractivity contribution in [2.75, 3.05) is 6.61 Å². The molecule has 1 aromatic heterocycles. The fraction of sp³-hybridized carbons (Fsp3) is 0.346. The number of benzene rings is 2. The summed E-state index contributed by atoms with van der Waals surface area (Å²) in [6.07, 6.45) is 1.17. The molecule has 0 saturated carbocycles. The molecule has 164 valence electrons. The number of carbonyl (C=O) groups is 1. The third-order valence-electron chi connectivity index (χ3n) is 6.14. The van der Waals surface area contributed by atoms with E-state index in [4.69, 9.17) is 4.74 Å². The van der Waals surface area contributed by atoms with Gasteiger partial charge in [0, 0.05) is 15.0 Å². The SMILES string of the molecule is C=C(C)C(O)COc1ccc(C(CC)(CC)c2cc3ccc(C(=O)O)cc3s2)cc1C. The van der Waals surface area contributed by atoms with E-state index in [2.05, 4.69) is 38.6 Å². The van der Waals surface area contributed by atoms with Crippen molar-refractivity contribution in [1.82, 2.24) is 0 Å². The van der Waals surface area contributed by atoms with Crippen molar-refractivity contribution in [1.29, 1.82) is 0 Å². The number of fused-ring (bicyclic) bond motifs is 1. The van der Waals surface area contributed by atoms with E-state index < -0.39 is 12.1 Å². The van der Waals surface area contributed by atoms with Crippen molar-refractivity contribution in [3.8, 4) is 5.75 Å². The lowest BCUT2D eigenvalue weighted by Gasteiger charge is -2.32. The molecule has 0 saturated heterocycles. The Labute approximate surface area is 187 Å². The summed E-state index contributed by atoms with van der Waals surface area (Å²) in [6, 6.07) is 13.8. The van der Waals surface area contributed by atoms with E-state index in [9.17, 15) is 15.0 Å². The highest BCUT2D eigenvalue weighted by molar-refractivity contribution is 7.19. The Morgan fingerprint density at radius 2 is 1.87 bits per heavy atom. The molecule has 1 heterocycles. The van der Waals surface area contributed by atoms with E-state index >= 15 is 0 Å². The molecule has 0 radical (unpaired) electrons. The van der Waals surface area contributed by atoms with Crippen molar-refractivity contribution in [2.24, 2.45) is 0 Å². The summed E-state index contributed by atoms with van der Waals surface area (Å²) in [7, 11) is 0. The molecule has 0 aliphatic rings. The molecule has 0 aliphatic heterocycles. The molecule has 31 heavy (non-hydrogen) atoms. The molecule has 0 amide bonds. The van der Waals surface area contributed by atoms with Gasteiger partial charge in [0.05, 0.1) is 5.56 Å². The van der Waals surface area contributed by atoms with Crippen molar-refractivity contribution >= 4 is 27.4 Å². The molecule has 0 spiro atoms. The van der Waals surface area contributed by atoms with Crippen molar-refractivity contribution < 1.29 is 19.7 Å². The Hall–Kier alpha value is -2.63. The van der Waals surface area contributed by atoms with Crippen LogP contribution in [0.4, 0.5) is 0 Å². The van der Waals surface area contributed by atoms with Crippen LogP contribution in [0, 0.1) is 6.92 Å². The topological polar surface area (TPSA) is 66.8 Å². The molecule has 0 bridgehead atoms. The van der Waals surface area contributed by atoms with Crippen LogP contribution in [0.2, 0.25) is 0 Å². The Morgan fingerprint density at radius 3 is 2.45 bits per heavy atom. The van der Waals surface area contributed by atoms with Gasteiger partial charge in [0.1, 0.15) is 18.5 Å². The molecule has 3 rings (SSSR count). The van der Waals surface area contributed by atoms with E-state index in [0.717, 1.165) is 34.2 Å². The van der Waals surface area contributed by atoms with Crippen molar-refractivity contribution in [3.63, 3.8) is 0 Å². The van der Waals surface area contributed by atoms with Gasteiger partial charge in [-0.3, -0.25) is 0 Å². The van der Waals surface area contributed by atoms with E-state index in [-0.39, 0.29) is 12.0 Å². The van der Waals surface area contributed by atoms with Crippen LogP contribution < -0.4 is 4.74 Å². The molecule has 0 fully saturated rings. The number of aliphatic hydroxyl groups excluding tert-OH is 1. The highest BCUT2D eigenvalue weighted by atomic mass is 32.1. The lowest BCUT2D eigenvalue weighted by Crippen LogP contribution is -2.25. The summed E-state index contributed by atoms with van der Waals surface area (Å²) in [5.74, 6) is -0.148. The van der Waals surface area contributed by atoms with Gasteiger partial charge in [-0.15, -0.1) is 11.3 Å². The third kappa shape index (κ3) is 4.53. The number of hydrogen-bond acceptors (Lipinski definition) is 4. The average Bonchev–Trinajstić information content (AvgIpc) is 3.17. The summed E-state index contributed by atoms with van der Waals surface area (Å²) < 4.78 is 6.81. The highest BCUT2D eigenvalue weighted by Crippen LogP contribution is 2.45. The summed E-state index contributed by atoms with van der Waals surface area (Å²) in [5, 5.41) is 20.3. The van der Waals surface area contributed by atoms with Crippen LogP contribution >= 0.6 is 11.3 Å². The van der Waals surface area contributed by atoms with Gasteiger partial charge in [-0.05, 0) is 73.0 Å². The molecule has 1 unspecified atom stereocenters. The third-order valence-corrected chi connectivity index (χ3v) is 7.44. The molecule has 2 aromatic carbocycles. The van der Waals surface area contributed by atoms with Crippen LogP contribution in [-0.4, -0.2) is 28.9 Å². The zero-order valence-corrected chi connectivity index (χ0v) is 19.4. The fourth-order valence-corrected chi connectivity index (χ4v) is 5.42. The first kappa shape index (κ1) is 23.0. The van der Waals surface area contributed by atoms with Crippen molar-refractivity contribution in [2.45, 2.75) is 52.1 Å². The van der Waals surface area contributed by atoms with Crippen LogP contribution in [0.3, 0.4) is 0 Å². The molecular weight excluding hydrogens is 408 g/mol. The Kier molecular flexibility index (Phi) is 6.87. The average molecular weight is 439 g/mol. The second-order valence-electron chi connectivity index (χ2n) is 8.11. The number of thiophene rings is 1. The Balaban J connectivity index is 1.99. The maximum Gasteiger partial charge on any atom is 0.335 e. The fourth-order valence-electron chi connectivity index (χ4n) is 3.97. The lowest BCUT2D eigenvalue weighted by molar-refractivity contribution is 0.0697. The second kappa shape index (κ2) is 9.25. The predicted octanol–water partition coefficient (Wildman–Crippen LogP) is 6.33. The monoisotopic (exact) mass is 438 g/mol. The standard InChI is InChI=1S/C26H30O4S/c1-6-26(7-2,24-14-18-8-9-19(25(28)29)13-23(18)31-24)20-10-11-22(17(5)12-20)30-15-21(27)16(3)4/h8-14,21,27H,3,6-7,15H2,1-2,4-5H3,(H,28,29). The number of carboxylic acid groups (broad SMARTS) is 1. The molecule has 4 nitrogen and oxygen atoms in total. The molecule has 1 atom stereocenters. The Morgan fingerprint density at radius 1 is 1.16 bits per heavy atom. The molecule has 2 N–H and O–H groups in total. The van der Waals surface area contributed by atoms with Gasteiger partial charge in [0.25, 0.3) is 0 Å².